The van der Waals surface area contributed by atoms with E-state index < -0.39 is 6.04 Å². The molecule has 20 heavy (non-hydrogen) atoms. The second-order valence-electron chi connectivity index (χ2n) is 4.81. The molecule has 0 aromatic carbocycles. The Labute approximate surface area is 116 Å². The topological polar surface area (TPSA) is 105 Å². The molecule has 1 amide bonds. The minimum Gasteiger partial charge on any atom is -0.409 e. The van der Waals surface area contributed by atoms with Crippen molar-refractivity contribution in [3.05, 3.63) is 36.2 Å². The molecule has 0 radical (unpaired) electrons. The van der Waals surface area contributed by atoms with Crippen LogP contribution in [0, 0.1) is 5.92 Å². The summed E-state index contributed by atoms with van der Waals surface area (Å²) in [4.78, 5) is 12.3. The van der Waals surface area contributed by atoms with Crippen LogP contribution in [0.1, 0.15) is 24.2 Å². The predicted molar refractivity (Wildman–Crippen MR) is 74.7 cm³/mol. The number of nitrogens with zero attached hydrogens (tertiary/aromatic N) is 3. The maximum atomic E-state index is 12.3. The van der Waals surface area contributed by atoms with Gasteiger partial charge >= 0.3 is 0 Å². The molecular weight excluding hydrogens is 258 g/mol. The van der Waals surface area contributed by atoms with Gasteiger partial charge in [-0.1, -0.05) is 25.1 Å². The number of nitrogens with two attached hydrogens (primary N) is 1. The average Bonchev–Trinajstić information content (AvgIpc) is 2.87. The zero-order valence-electron chi connectivity index (χ0n) is 11.3. The predicted octanol–water partition coefficient (Wildman–Crippen LogP) is 0.835. The summed E-state index contributed by atoms with van der Waals surface area (Å²) in [5.74, 6) is -0.335. The quantitative estimate of drug-likeness (QED) is 0.333. The monoisotopic (exact) mass is 275 g/mol. The third-order valence-electron chi connectivity index (χ3n) is 3.06. The molecule has 2 heterocycles. The molecule has 2 aromatic heterocycles. The number of rotatable bonds is 4. The first kappa shape index (κ1) is 13.9. The first-order chi connectivity index (χ1) is 9.54. The molecule has 7 nitrogen and oxygen atoms in total. The van der Waals surface area contributed by atoms with Gasteiger partial charge in [-0.05, 0) is 18.1 Å². The lowest BCUT2D eigenvalue weighted by atomic mass is 10.0. The molecule has 1 unspecified atom stereocenters. The molecule has 4 N–H and O–H groups in total. The fraction of sp³-hybridized carbons (Fsp3) is 0.308. The maximum Gasteiger partial charge on any atom is 0.255 e. The van der Waals surface area contributed by atoms with E-state index >= 15 is 0 Å². The van der Waals surface area contributed by atoms with Crippen molar-refractivity contribution in [2.75, 3.05) is 0 Å². The number of amides is 1. The summed E-state index contributed by atoms with van der Waals surface area (Å²) >= 11 is 0. The highest BCUT2D eigenvalue weighted by atomic mass is 16.4. The van der Waals surface area contributed by atoms with Crippen LogP contribution in [0.4, 0.5) is 0 Å². The zero-order chi connectivity index (χ0) is 14.7. The van der Waals surface area contributed by atoms with Gasteiger partial charge in [-0.25, -0.2) is 4.52 Å². The first-order valence-electron chi connectivity index (χ1n) is 6.25. The Morgan fingerprint density at radius 1 is 1.50 bits per heavy atom. The zero-order valence-corrected chi connectivity index (χ0v) is 11.3. The van der Waals surface area contributed by atoms with Gasteiger partial charge in [-0.3, -0.25) is 4.79 Å². The van der Waals surface area contributed by atoms with E-state index in [9.17, 15) is 4.79 Å². The van der Waals surface area contributed by atoms with Gasteiger partial charge in [0.1, 0.15) is 0 Å². The van der Waals surface area contributed by atoms with E-state index in [1.165, 1.54) is 6.20 Å². The van der Waals surface area contributed by atoms with Crippen LogP contribution in [0.5, 0.6) is 0 Å². The Balaban J connectivity index is 2.27. The number of hydrogen-bond donors (Lipinski definition) is 3. The number of amidine groups is 1. The van der Waals surface area contributed by atoms with E-state index in [0.717, 1.165) is 0 Å². The van der Waals surface area contributed by atoms with Crippen molar-refractivity contribution in [3.8, 4) is 0 Å². The molecule has 7 heteroatoms. The summed E-state index contributed by atoms with van der Waals surface area (Å²) in [6.45, 7) is 3.75. The molecule has 0 spiro atoms. The largest absolute Gasteiger partial charge is 0.409 e. The fourth-order valence-corrected chi connectivity index (χ4v) is 1.97. The maximum absolute atomic E-state index is 12.3. The molecule has 0 aliphatic rings. The molecule has 2 aromatic rings. The number of aromatic nitrogens is 2. The molecule has 0 aliphatic carbocycles. The molecular formula is C13H17N5O2. The van der Waals surface area contributed by atoms with Gasteiger partial charge in [0.15, 0.2) is 5.84 Å². The smallest absolute Gasteiger partial charge is 0.255 e. The Bertz CT molecular complexity index is 647. The second-order valence-corrected chi connectivity index (χ2v) is 4.81. The summed E-state index contributed by atoms with van der Waals surface area (Å²) in [7, 11) is 0. The number of hydrogen-bond acceptors (Lipinski definition) is 4. The molecule has 1 atom stereocenters. The molecule has 2 rings (SSSR count). The lowest BCUT2D eigenvalue weighted by molar-refractivity contribution is 0.0940. The van der Waals surface area contributed by atoms with E-state index in [1.54, 1.807) is 16.8 Å². The summed E-state index contributed by atoms with van der Waals surface area (Å²) < 4.78 is 1.61. The minimum atomic E-state index is -0.536. The van der Waals surface area contributed by atoms with Crippen LogP contribution in [0.25, 0.3) is 5.52 Å². The highest BCUT2D eigenvalue weighted by Crippen LogP contribution is 2.11. The molecule has 0 aliphatic heterocycles. The molecule has 0 saturated heterocycles. The van der Waals surface area contributed by atoms with Crippen molar-refractivity contribution in [2.24, 2.45) is 16.8 Å². The summed E-state index contributed by atoms with van der Waals surface area (Å²) in [5, 5.41) is 18.6. The van der Waals surface area contributed by atoms with Crippen LogP contribution in [0.3, 0.4) is 0 Å². The van der Waals surface area contributed by atoms with Crippen molar-refractivity contribution >= 4 is 17.3 Å². The Hall–Kier alpha value is -2.57. The third-order valence-corrected chi connectivity index (χ3v) is 3.06. The van der Waals surface area contributed by atoms with Crippen molar-refractivity contribution < 1.29 is 10.0 Å². The summed E-state index contributed by atoms with van der Waals surface area (Å²) in [5.41, 5.74) is 6.74. The molecule has 0 fully saturated rings. The van der Waals surface area contributed by atoms with Crippen LogP contribution in [-0.4, -0.2) is 32.6 Å². The highest BCUT2D eigenvalue weighted by molar-refractivity contribution is 6.03. The number of pyridine rings is 1. The lowest BCUT2D eigenvalue weighted by Crippen LogP contribution is -2.47. The summed E-state index contributed by atoms with van der Waals surface area (Å²) in [6.07, 6.45) is 3.25. The number of fused-ring (bicyclic) bond motifs is 1. The third kappa shape index (κ3) is 2.56. The fourth-order valence-electron chi connectivity index (χ4n) is 1.97. The van der Waals surface area contributed by atoms with Gasteiger partial charge in [0.2, 0.25) is 0 Å². The van der Waals surface area contributed by atoms with Crippen LogP contribution in [0.15, 0.2) is 35.7 Å². The molecule has 106 valence electrons. The van der Waals surface area contributed by atoms with Crippen LogP contribution in [-0.2, 0) is 0 Å². The van der Waals surface area contributed by atoms with Crippen molar-refractivity contribution in [2.45, 2.75) is 19.9 Å². The Morgan fingerprint density at radius 3 is 2.90 bits per heavy atom. The van der Waals surface area contributed by atoms with E-state index in [2.05, 4.69) is 15.6 Å². The van der Waals surface area contributed by atoms with Gasteiger partial charge in [-0.15, -0.1) is 0 Å². The van der Waals surface area contributed by atoms with Crippen LogP contribution >= 0.6 is 0 Å². The van der Waals surface area contributed by atoms with Gasteiger partial charge in [0.25, 0.3) is 5.91 Å². The van der Waals surface area contributed by atoms with Crippen LogP contribution < -0.4 is 11.1 Å². The van der Waals surface area contributed by atoms with Crippen molar-refractivity contribution in [1.29, 1.82) is 0 Å². The number of oxime groups is 1. The Kier molecular flexibility index (Phi) is 3.88. The van der Waals surface area contributed by atoms with E-state index in [1.807, 2.05) is 26.0 Å². The number of carbonyl (C=O) groups is 1. The van der Waals surface area contributed by atoms with Gasteiger partial charge in [0.05, 0.1) is 23.3 Å². The lowest BCUT2D eigenvalue weighted by Gasteiger charge is -2.20. The SMILES string of the molecule is CC(C)C(NC(=O)c1cnn2ccccc12)/C(N)=N/O. The Morgan fingerprint density at radius 2 is 2.25 bits per heavy atom. The normalized spacial score (nSPS) is 13.7. The molecule has 0 saturated carbocycles. The van der Waals surface area contributed by atoms with Crippen molar-refractivity contribution in [1.82, 2.24) is 14.9 Å². The first-order valence-corrected chi connectivity index (χ1v) is 6.25. The van der Waals surface area contributed by atoms with Gasteiger partial charge < -0.3 is 16.3 Å². The standard InChI is InChI=1S/C13H17N5O2/c1-8(2)11(12(14)17-20)16-13(19)9-7-15-18-6-4-3-5-10(9)18/h3-8,11,20H,1-2H3,(H2,14,17)(H,16,19). The second kappa shape index (κ2) is 5.60. The average molecular weight is 275 g/mol. The highest BCUT2D eigenvalue weighted by Gasteiger charge is 2.22. The van der Waals surface area contributed by atoms with E-state index in [-0.39, 0.29) is 17.7 Å². The minimum absolute atomic E-state index is 0.00307. The summed E-state index contributed by atoms with van der Waals surface area (Å²) in [6, 6.07) is 4.92. The van der Waals surface area contributed by atoms with Gasteiger partial charge in [-0.2, -0.15) is 5.10 Å². The van der Waals surface area contributed by atoms with Crippen LogP contribution in [0.2, 0.25) is 0 Å². The van der Waals surface area contributed by atoms with Gasteiger partial charge in [0, 0.05) is 6.20 Å². The van der Waals surface area contributed by atoms with E-state index in [4.69, 9.17) is 10.9 Å². The number of carbonyl (C=O) groups excluding carboxylic acids is 1. The van der Waals surface area contributed by atoms with E-state index in [0.29, 0.717) is 11.1 Å². The van der Waals surface area contributed by atoms with Crippen molar-refractivity contribution in [3.63, 3.8) is 0 Å². The molecule has 0 bridgehead atoms. The number of nitrogens with one attached hydrogen (secondary N) is 1.